The van der Waals surface area contributed by atoms with E-state index in [9.17, 15) is 4.79 Å². The molecule has 0 aliphatic carbocycles. The number of ether oxygens (including phenoxy) is 1. The molecule has 0 unspecified atom stereocenters. The van der Waals surface area contributed by atoms with Gasteiger partial charge in [-0.3, -0.25) is 4.79 Å². The maximum absolute atomic E-state index is 11.6. The lowest BCUT2D eigenvalue weighted by atomic mass is 10.3. The van der Waals surface area contributed by atoms with Gasteiger partial charge in [0, 0.05) is 13.2 Å². The Morgan fingerprint density at radius 1 is 1.56 bits per heavy atom. The number of methoxy groups -OCH3 is 1. The highest BCUT2D eigenvalue weighted by Gasteiger charge is 2.11. The van der Waals surface area contributed by atoms with Gasteiger partial charge in [-0.15, -0.1) is 10.2 Å². The first-order valence-corrected chi connectivity index (χ1v) is 7.76. The summed E-state index contributed by atoms with van der Waals surface area (Å²) < 4.78 is 10.3. The zero-order valence-corrected chi connectivity index (χ0v) is 12.3. The quantitative estimate of drug-likeness (QED) is 0.720. The molecule has 0 aliphatic rings. The second kappa shape index (κ2) is 8.39. The molecule has 1 amide bonds. The number of nitrogens with one attached hydrogen (secondary N) is 1. The van der Waals surface area contributed by atoms with Crippen molar-refractivity contribution in [3.8, 4) is 0 Å². The number of hydrogen-bond donors (Lipinski definition) is 1. The van der Waals surface area contributed by atoms with E-state index in [0.717, 1.165) is 0 Å². The Kier molecular flexibility index (Phi) is 7.14. The van der Waals surface area contributed by atoms with Crippen LogP contribution in [-0.4, -0.2) is 47.9 Å². The first-order valence-electron chi connectivity index (χ1n) is 5.38. The molecule has 0 bridgehead atoms. The third-order valence-electron chi connectivity index (χ3n) is 1.87. The normalized spacial score (nSPS) is 12.4. The highest BCUT2D eigenvalue weighted by atomic mass is 32.2. The van der Waals surface area contributed by atoms with E-state index >= 15 is 0 Å². The van der Waals surface area contributed by atoms with Gasteiger partial charge in [0.05, 0.1) is 18.1 Å². The van der Waals surface area contributed by atoms with E-state index in [0.29, 0.717) is 23.5 Å². The summed E-state index contributed by atoms with van der Waals surface area (Å²) in [6.45, 7) is 2.38. The van der Waals surface area contributed by atoms with Gasteiger partial charge < -0.3 is 14.5 Å². The summed E-state index contributed by atoms with van der Waals surface area (Å²) in [7, 11) is 1.60. The summed E-state index contributed by atoms with van der Waals surface area (Å²) in [5.41, 5.74) is 0. The predicted molar refractivity (Wildman–Crippen MR) is 71.7 cm³/mol. The number of carbonyl (C=O) groups excluding carboxylic acids is 1. The second-order valence-electron chi connectivity index (χ2n) is 3.61. The molecular weight excluding hydrogens is 274 g/mol. The summed E-state index contributed by atoms with van der Waals surface area (Å²) in [5.74, 6) is 1.45. The predicted octanol–water partition coefficient (Wildman–Crippen LogP) is 1.18. The molecule has 0 aliphatic heterocycles. The molecule has 0 spiro atoms. The van der Waals surface area contributed by atoms with Crippen LogP contribution in [0.4, 0.5) is 0 Å². The van der Waals surface area contributed by atoms with Gasteiger partial charge in [0.2, 0.25) is 11.8 Å². The van der Waals surface area contributed by atoms with Crippen LogP contribution in [0.2, 0.25) is 0 Å². The summed E-state index contributed by atoms with van der Waals surface area (Å²) >= 11 is 2.84. The fourth-order valence-electron chi connectivity index (χ4n) is 1.21. The monoisotopic (exact) mass is 291 g/mol. The molecule has 0 fully saturated rings. The average molecular weight is 291 g/mol. The zero-order valence-electron chi connectivity index (χ0n) is 10.6. The van der Waals surface area contributed by atoms with Gasteiger partial charge in [0.15, 0.2) is 0 Å². The third-order valence-corrected chi connectivity index (χ3v) is 3.22. The number of aromatic nitrogens is 2. The van der Waals surface area contributed by atoms with Crippen molar-refractivity contribution in [3.05, 3.63) is 5.89 Å². The molecule has 1 atom stereocenters. The van der Waals surface area contributed by atoms with Crippen LogP contribution in [0.15, 0.2) is 9.64 Å². The highest BCUT2D eigenvalue weighted by Crippen LogP contribution is 2.17. The molecule has 0 aromatic carbocycles. The van der Waals surface area contributed by atoms with E-state index < -0.39 is 0 Å². The van der Waals surface area contributed by atoms with E-state index in [1.54, 1.807) is 18.9 Å². The van der Waals surface area contributed by atoms with Crippen LogP contribution in [0.3, 0.4) is 0 Å². The molecule has 8 heteroatoms. The van der Waals surface area contributed by atoms with Gasteiger partial charge in [-0.1, -0.05) is 11.8 Å². The topological polar surface area (TPSA) is 77.2 Å². The van der Waals surface area contributed by atoms with E-state index in [-0.39, 0.29) is 17.7 Å². The van der Waals surface area contributed by atoms with Crippen LogP contribution in [0.5, 0.6) is 0 Å². The molecule has 0 saturated heterocycles. The van der Waals surface area contributed by atoms with E-state index in [1.165, 1.54) is 11.8 Å². The number of rotatable bonds is 8. The average Bonchev–Trinajstić information content (AvgIpc) is 2.75. The number of carbonyl (C=O) groups is 1. The Morgan fingerprint density at radius 2 is 2.33 bits per heavy atom. The SMILES string of the molecule is COC[C@H](C)NC(=O)CSc1nnc(CSC)o1. The minimum Gasteiger partial charge on any atom is -0.415 e. The minimum absolute atomic E-state index is 0.00200. The molecule has 0 radical (unpaired) electrons. The Labute approximate surface area is 115 Å². The standard InChI is InChI=1S/C10H17N3O3S2/c1-7(4-15-2)11-8(14)5-18-10-13-12-9(16-10)6-17-3/h7H,4-6H2,1-3H3,(H,11,14)/t7-/m0/s1. The van der Waals surface area contributed by atoms with Crippen LogP contribution in [0.1, 0.15) is 12.8 Å². The summed E-state index contributed by atoms with van der Waals surface area (Å²) in [6, 6.07) is -0.00200. The van der Waals surface area contributed by atoms with Crippen molar-refractivity contribution in [3.63, 3.8) is 0 Å². The molecule has 1 N–H and O–H groups in total. The van der Waals surface area contributed by atoms with Crippen molar-refractivity contribution >= 4 is 29.4 Å². The second-order valence-corrected chi connectivity index (χ2v) is 5.40. The molecule has 102 valence electrons. The van der Waals surface area contributed by atoms with Crippen LogP contribution < -0.4 is 5.32 Å². The molecular formula is C10H17N3O3S2. The Balaban J connectivity index is 2.28. The molecule has 18 heavy (non-hydrogen) atoms. The van der Waals surface area contributed by atoms with Crippen molar-refractivity contribution < 1.29 is 13.9 Å². The number of nitrogens with zero attached hydrogens (tertiary/aromatic N) is 2. The van der Waals surface area contributed by atoms with E-state index in [2.05, 4.69) is 15.5 Å². The smallest absolute Gasteiger partial charge is 0.277 e. The van der Waals surface area contributed by atoms with Crippen molar-refractivity contribution in [2.24, 2.45) is 0 Å². The first kappa shape index (κ1) is 15.3. The number of thioether (sulfide) groups is 2. The first-order chi connectivity index (χ1) is 8.65. The Bertz CT molecular complexity index is 373. The van der Waals surface area contributed by atoms with Crippen LogP contribution in [-0.2, 0) is 15.3 Å². The lowest BCUT2D eigenvalue weighted by Gasteiger charge is -2.11. The van der Waals surface area contributed by atoms with E-state index in [4.69, 9.17) is 9.15 Å². The van der Waals surface area contributed by atoms with Crippen molar-refractivity contribution in [1.29, 1.82) is 0 Å². The molecule has 1 aromatic rings. The molecule has 1 aromatic heterocycles. The maximum atomic E-state index is 11.6. The molecule has 1 heterocycles. The zero-order chi connectivity index (χ0) is 13.4. The largest absolute Gasteiger partial charge is 0.415 e. The molecule has 0 saturated carbocycles. The van der Waals surface area contributed by atoms with Crippen LogP contribution >= 0.6 is 23.5 Å². The summed E-state index contributed by atoms with van der Waals surface area (Å²) in [6.07, 6.45) is 1.96. The lowest BCUT2D eigenvalue weighted by Crippen LogP contribution is -2.36. The van der Waals surface area contributed by atoms with Gasteiger partial charge in [0.1, 0.15) is 0 Å². The van der Waals surface area contributed by atoms with Gasteiger partial charge in [-0.2, -0.15) is 11.8 Å². The van der Waals surface area contributed by atoms with Crippen LogP contribution in [0.25, 0.3) is 0 Å². The van der Waals surface area contributed by atoms with E-state index in [1.807, 2.05) is 13.2 Å². The van der Waals surface area contributed by atoms with Gasteiger partial charge >= 0.3 is 0 Å². The van der Waals surface area contributed by atoms with Crippen molar-refractivity contribution in [2.75, 3.05) is 25.7 Å². The fourth-order valence-corrected chi connectivity index (χ4v) is 2.17. The fraction of sp³-hybridized carbons (Fsp3) is 0.700. The third kappa shape index (κ3) is 5.74. The summed E-state index contributed by atoms with van der Waals surface area (Å²) in [5, 5.41) is 10.9. The Hall–Kier alpha value is -0.730. The Morgan fingerprint density at radius 3 is 3.00 bits per heavy atom. The lowest BCUT2D eigenvalue weighted by molar-refractivity contribution is -0.119. The van der Waals surface area contributed by atoms with Gasteiger partial charge in [0.25, 0.3) is 5.22 Å². The number of amides is 1. The molecule has 1 rings (SSSR count). The number of hydrogen-bond acceptors (Lipinski definition) is 7. The van der Waals surface area contributed by atoms with Crippen LogP contribution in [0, 0.1) is 0 Å². The van der Waals surface area contributed by atoms with Crippen molar-refractivity contribution in [1.82, 2.24) is 15.5 Å². The summed E-state index contributed by atoms with van der Waals surface area (Å²) in [4.78, 5) is 11.6. The highest BCUT2D eigenvalue weighted by molar-refractivity contribution is 7.99. The van der Waals surface area contributed by atoms with Crippen molar-refractivity contribution in [2.45, 2.75) is 23.9 Å². The molecule has 6 nitrogen and oxygen atoms in total. The minimum atomic E-state index is -0.0748. The van der Waals surface area contributed by atoms with Gasteiger partial charge in [-0.25, -0.2) is 0 Å². The maximum Gasteiger partial charge on any atom is 0.277 e. The van der Waals surface area contributed by atoms with Gasteiger partial charge in [-0.05, 0) is 13.2 Å².